The fraction of sp³-hybridized carbons (Fsp3) is 0.941. The summed E-state index contributed by atoms with van der Waals surface area (Å²) >= 11 is 0. The summed E-state index contributed by atoms with van der Waals surface area (Å²) in [5.41, 5.74) is -0.428. The standard InChI is InChI=1S/C17H33N3O2/c1-13(11-19(5)16(21)22-17(2,3)4)10-18-14-8-9-20(12-14)15-6-7-15/h13-15,18H,6-12H2,1-5H3. The maximum Gasteiger partial charge on any atom is 0.410 e. The minimum absolute atomic E-state index is 0.236. The summed E-state index contributed by atoms with van der Waals surface area (Å²) in [6.45, 7) is 12.0. The number of nitrogens with zero attached hydrogens (tertiary/aromatic N) is 2. The largest absolute Gasteiger partial charge is 0.444 e. The zero-order valence-corrected chi connectivity index (χ0v) is 14.9. The van der Waals surface area contributed by atoms with E-state index in [0.29, 0.717) is 12.0 Å². The molecule has 0 aromatic heterocycles. The molecule has 5 heteroatoms. The van der Waals surface area contributed by atoms with Crippen LogP contribution in [0.4, 0.5) is 4.79 Å². The van der Waals surface area contributed by atoms with Gasteiger partial charge in [-0.15, -0.1) is 0 Å². The van der Waals surface area contributed by atoms with E-state index in [-0.39, 0.29) is 6.09 Å². The van der Waals surface area contributed by atoms with Crippen LogP contribution in [0, 0.1) is 5.92 Å². The topological polar surface area (TPSA) is 44.8 Å². The summed E-state index contributed by atoms with van der Waals surface area (Å²) in [5, 5.41) is 3.67. The second kappa shape index (κ2) is 7.18. The molecule has 22 heavy (non-hydrogen) atoms. The van der Waals surface area contributed by atoms with Crippen molar-refractivity contribution in [1.82, 2.24) is 15.1 Å². The Morgan fingerprint density at radius 2 is 2.05 bits per heavy atom. The second-order valence-corrected chi connectivity index (χ2v) is 8.09. The quantitative estimate of drug-likeness (QED) is 0.817. The molecule has 0 bridgehead atoms. The Balaban J connectivity index is 1.62. The molecular formula is C17H33N3O2. The Hall–Kier alpha value is -0.810. The summed E-state index contributed by atoms with van der Waals surface area (Å²) < 4.78 is 5.39. The average molecular weight is 311 g/mol. The van der Waals surface area contributed by atoms with Crippen molar-refractivity contribution in [3.8, 4) is 0 Å². The van der Waals surface area contributed by atoms with Gasteiger partial charge in [0.15, 0.2) is 0 Å². The predicted octanol–water partition coefficient (Wildman–Crippen LogP) is 2.32. The van der Waals surface area contributed by atoms with Gasteiger partial charge in [-0.3, -0.25) is 4.90 Å². The summed E-state index contributed by atoms with van der Waals surface area (Å²) in [6, 6.07) is 1.50. The fourth-order valence-corrected chi connectivity index (χ4v) is 3.04. The molecule has 2 aliphatic rings. The van der Waals surface area contributed by atoms with Gasteiger partial charge in [-0.1, -0.05) is 6.92 Å². The highest BCUT2D eigenvalue weighted by molar-refractivity contribution is 5.67. The lowest BCUT2D eigenvalue weighted by atomic mass is 10.1. The highest BCUT2D eigenvalue weighted by Gasteiger charge is 2.34. The van der Waals surface area contributed by atoms with Gasteiger partial charge in [0.25, 0.3) is 0 Å². The molecule has 2 atom stereocenters. The van der Waals surface area contributed by atoms with E-state index in [1.54, 1.807) is 4.90 Å². The lowest BCUT2D eigenvalue weighted by Crippen LogP contribution is -2.41. The van der Waals surface area contributed by atoms with Crippen molar-refractivity contribution >= 4 is 6.09 Å². The van der Waals surface area contributed by atoms with Gasteiger partial charge < -0.3 is 15.0 Å². The summed E-state index contributed by atoms with van der Waals surface area (Å²) in [6.07, 6.45) is 3.80. The zero-order chi connectivity index (χ0) is 16.3. The molecule has 128 valence electrons. The van der Waals surface area contributed by atoms with Gasteiger partial charge in [-0.25, -0.2) is 4.79 Å². The van der Waals surface area contributed by atoms with E-state index >= 15 is 0 Å². The van der Waals surface area contributed by atoms with Crippen molar-refractivity contribution in [2.24, 2.45) is 5.92 Å². The van der Waals surface area contributed by atoms with Crippen LogP contribution in [0.2, 0.25) is 0 Å². The maximum atomic E-state index is 12.0. The molecule has 2 rings (SSSR count). The molecular weight excluding hydrogens is 278 g/mol. The Morgan fingerprint density at radius 1 is 1.36 bits per heavy atom. The van der Waals surface area contributed by atoms with Crippen LogP contribution in [0.15, 0.2) is 0 Å². The van der Waals surface area contributed by atoms with Crippen molar-refractivity contribution in [2.45, 2.75) is 64.6 Å². The van der Waals surface area contributed by atoms with E-state index in [0.717, 1.165) is 19.1 Å². The Morgan fingerprint density at radius 3 is 2.64 bits per heavy atom. The van der Waals surface area contributed by atoms with Crippen LogP contribution in [0.5, 0.6) is 0 Å². The number of likely N-dealkylation sites (tertiary alicyclic amines) is 1. The molecule has 1 amide bonds. The first-order chi connectivity index (χ1) is 10.2. The minimum Gasteiger partial charge on any atom is -0.444 e. The number of rotatable bonds is 6. The van der Waals surface area contributed by atoms with Crippen molar-refractivity contribution in [3.63, 3.8) is 0 Å². The molecule has 1 aliphatic carbocycles. The van der Waals surface area contributed by atoms with Crippen molar-refractivity contribution < 1.29 is 9.53 Å². The number of hydrogen-bond acceptors (Lipinski definition) is 4. The van der Waals surface area contributed by atoms with Gasteiger partial charge in [-0.05, 0) is 52.5 Å². The van der Waals surface area contributed by atoms with E-state index in [4.69, 9.17) is 4.74 Å². The number of amides is 1. The van der Waals surface area contributed by atoms with E-state index in [1.165, 1.54) is 32.4 Å². The first-order valence-electron chi connectivity index (χ1n) is 8.66. The first kappa shape index (κ1) is 17.5. The average Bonchev–Trinajstić information content (AvgIpc) is 3.14. The Bertz CT molecular complexity index is 377. The molecule has 0 aromatic carbocycles. The van der Waals surface area contributed by atoms with Gasteiger partial charge >= 0.3 is 6.09 Å². The van der Waals surface area contributed by atoms with Gasteiger partial charge in [0.05, 0.1) is 0 Å². The molecule has 1 saturated carbocycles. The van der Waals surface area contributed by atoms with Crippen molar-refractivity contribution in [3.05, 3.63) is 0 Å². The van der Waals surface area contributed by atoms with E-state index in [2.05, 4.69) is 17.1 Å². The van der Waals surface area contributed by atoms with Crippen LogP contribution < -0.4 is 5.32 Å². The third kappa shape index (κ3) is 5.76. The van der Waals surface area contributed by atoms with Gasteiger partial charge in [0.1, 0.15) is 5.60 Å². The van der Waals surface area contributed by atoms with E-state index < -0.39 is 5.60 Å². The zero-order valence-electron chi connectivity index (χ0n) is 14.9. The lowest BCUT2D eigenvalue weighted by Gasteiger charge is -2.27. The molecule has 1 N–H and O–H groups in total. The van der Waals surface area contributed by atoms with Crippen LogP contribution >= 0.6 is 0 Å². The molecule has 0 radical (unpaired) electrons. The van der Waals surface area contributed by atoms with Crippen LogP contribution in [0.25, 0.3) is 0 Å². The molecule has 1 saturated heterocycles. The fourth-order valence-electron chi connectivity index (χ4n) is 3.04. The molecule has 0 spiro atoms. The van der Waals surface area contributed by atoms with E-state index in [9.17, 15) is 4.79 Å². The summed E-state index contributed by atoms with van der Waals surface area (Å²) in [5.74, 6) is 0.424. The molecule has 2 fully saturated rings. The van der Waals surface area contributed by atoms with Gasteiger partial charge in [-0.2, -0.15) is 0 Å². The van der Waals surface area contributed by atoms with Crippen LogP contribution in [-0.4, -0.2) is 66.8 Å². The summed E-state index contributed by atoms with van der Waals surface area (Å²) in [7, 11) is 1.81. The number of carbonyl (C=O) groups excluding carboxylic acids is 1. The maximum absolute atomic E-state index is 12.0. The highest BCUT2D eigenvalue weighted by atomic mass is 16.6. The van der Waals surface area contributed by atoms with Gasteiger partial charge in [0, 0.05) is 38.8 Å². The van der Waals surface area contributed by atoms with Crippen LogP contribution in [0.1, 0.15) is 47.0 Å². The van der Waals surface area contributed by atoms with Crippen molar-refractivity contribution in [2.75, 3.05) is 33.2 Å². The first-order valence-corrected chi connectivity index (χ1v) is 8.66. The second-order valence-electron chi connectivity index (χ2n) is 8.09. The molecule has 1 aliphatic heterocycles. The molecule has 2 unspecified atom stereocenters. The van der Waals surface area contributed by atoms with Gasteiger partial charge in [0.2, 0.25) is 0 Å². The van der Waals surface area contributed by atoms with Crippen molar-refractivity contribution in [1.29, 1.82) is 0 Å². The number of nitrogens with one attached hydrogen (secondary N) is 1. The third-order valence-electron chi connectivity index (χ3n) is 4.33. The molecule has 1 heterocycles. The highest BCUT2D eigenvalue weighted by Crippen LogP contribution is 2.29. The van der Waals surface area contributed by atoms with E-state index in [1.807, 2.05) is 27.8 Å². The summed E-state index contributed by atoms with van der Waals surface area (Å²) in [4.78, 5) is 16.3. The van der Waals surface area contributed by atoms with Crippen LogP contribution in [-0.2, 0) is 4.74 Å². The molecule has 0 aromatic rings. The monoisotopic (exact) mass is 311 g/mol. The minimum atomic E-state index is -0.428. The lowest BCUT2D eigenvalue weighted by molar-refractivity contribution is 0.0276. The third-order valence-corrected chi connectivity index (χ3v) is 4.33. The Kier molecular flexibility index (Phi) is 5.72. The normalized spacial score (nSPS) is 24.3. The molecule has 5 nitrogen and oxygen atoms in total. The smallest absolute Gasteiger partial charge is 0.410 e. The predicted molar refractivity (Wildman–Crippen MR) is 89.0 cm³/mol. The number of carbonyl (C=O) groups is 1. The Labute approximate surface area is 135 Å². The SMILES string of the molecule is CC(CNC1CCN(C2CC2)C1)CN(C)C(=O)OC(C)(C)C. The number of ether oxygens (including phenoxy) is 1. The number of hydrogen-bond donors (Lipinski definition) is 1. The van der Waals surface area contributed by atoms with Crippen LogP contribution in [0.3, 0.4) is 0 Å².